The molecule has 0 atom stereocenters. The number of amides is 2. The largest absolute Gasteiger partial charge is 0.465 e. The van der Waals surface area contributed by atoms with E-state index in [9.17, 15) is 9.59 Å². The van der Waals surface area contributed by atoms with E-state index < -0.39 is 11.8 Å². The van der Waals surface area contributed by atoms with E-state index in [4.69, 9.17) is 5.11 Å². The molecule has 19 heavy (non-hydrogen) atoms. The van der Waals surface area contributed by atoms with Crippen molar-refractivity contribution in [1.82, 2.24) is 15.2 Å². The van der Waals surface area contributed by atoms with Crippen LogP contribution in [0.4, 0.5) is 10.6 Å². The fourth-order valence-electron chi connectivity index (χ4n) is 2.56. The van der Waals surface area contributed by atoms with Crippen molar-refractivity contribution in [2.45, 2.75) is 18.5 Å². The number of hydrogen-bond acceptors (Lipinski definition) is 4. The Hall–Kier alpha value is -2.31. The summed E-state index contributed by atoms with van der Waals surface area (Å²) < 4.78 is 0. The lowest BCUT2D eigenvalue weighted by Gasteiger charge is -2.44. The number of carbonyl (C=O) groups excluding carboxylic acids is 1. The minimum absolute atomic E-state index is 0.161. The lowest BCUT2D eigenvalue weighted by molar-refractivity contribution is 0.0817. The van der Waals surface area contributed by atoms with Crippen LogP contribution in [0.3, 0.4) is 0 Å². The quantitative estimate of drug-likeness (QED) is 0.640. The number of pyridine rings is 1. The first-order chi connectivity index (χ1) is 9.10. The van der Waals surface area contributed by atoms with Crippen LogP contribution in [0.25, 0.3) is 0 Å². The number of aromatic nitrogens is 1. The van der Waals surface area contributed by atoms with Gasteiger partial charge in [-0.15, -0.1) is 0 Å². The van der Waals surface area contributed by atoms with E-state index in [1.165, 1.54) is 4.90 Å². The number of nitrogens with one attached hydrogen (secondary N) is 2. The van der Waals surface area contributed by atoms with Gasteiger partial charge in [-0.2, -0.15) is 0 Å². The average molecular weight is 262 g/mol. The number of carboxylic acid groups (broad SMARTS) is 1. The molecule has 1 spiro atoms. The second-order valence-electron chi connectivity index (χ2n) is 4.83. The summed E-state index contributed by atoms with van der Waals surface area (Å²) in [6, 6.07) is 3.43. The predicted molar refractivity (Wildman–Crippen MR) is 66.9 cm³/mol. The molecule has 100 valence electrons. The number of anilines is 1. The van der Waals surface area contributed by atoms with Gasteiger partial charge in [-0.05, 0) is 12.1 Å². The highest BCUT2D eigenvalue weighted by Crippen LogP contribution is 2.29. The Morgan fingerprint density at radius 1 is 1.37 bits per heavy atom. The van der Waals surface area contributed by atoms with Crippen LogP contribution in [0.2, 0.25) is 0 Å². The van der Waals surface area contributed by atoms with E-state index in [0.717, 1.165) is 0 Å². The van der Waals surface area contributed by atoms with Crippen LogP contribution in [0.1, 0.15) is 23.2 Å². The Morgan fingerprint density at radius 3 is 2.79 bits per heavy atom. The molecule has 0 unspecified atom stereocenters. The van der Waals surface area contributed by atoms with Gasteiger partial charge in [-0.25, -0.2) is 9.78 Å². The van der Waals surface area contributed by atoms with E-state index in [-0.39, 0.29) is 5.91 Å². The summed E-state index contributed by atoms with van der Waals surface area (Å²) in [5, 5.41) is 15.1. The summed E-state index contributed by atoms with van der Waals surface area (Å²) in [7, 11) is 0. The van der Waals surface area contributed by atoms with E-state index in [1.807, 2.05) is 0 Å². The zero-order valence-corrected chi connectivity index (χ0v) is 10.2. The van der Waals surface area contributed by atoms with Gasteiger partial charge in [-0.1, -0.05) is 0 Å². The fraction of sp³-hybridized carbons (Fsp3) is 0.417. The summed E-state index contributed by atoms with van der Waals surface area (Å²) in [5.74, 6) is 0.403. The van der Waals surface area contributed by atoms with Gasteiger partial charge in [0, 0.05) is 32.1 Å². The third-order valence-corrected chi connectivity index (χ3v) is 3.65. The second kappa shape index (κ2) is 4.11. The zero-order valence-electron chi connectivity index (χ0n) is 10.2. The van der Waals surface area contributed by atoms with Crippen LogP contribution in [0, 0.1) is 0 Å². The van der Waals surface area contributed by atoms with Gasteiger partial charge < -0.3 is 20.6 Å². The number of likely N-dealkylation sites (tertiary alicyclic amines) is 1. The van der Waals surface area contributed by atoms with Gasteiger partial charge in [0.25, 0.3) is 5.91 Å². The Kier molecular flexibility index (Phi) is 2.55. The Bertz CT molecular complexity index is 538. The number of piperidine rings is 1. The molecule has 7 heteroatoms. The SMILES string of the molecule is O=C1NC2(CCN(C(=O)O)CC2)Nc2ncccc21. The monoisotopic (exact) mass is 262 g/mol. The maximum atomic E-state index is 12.1. The molecule has 7 nitrogen and oxygen atoms in total. The maximum Gasteiger partial charge on any atom is 0.407 e. The molecule has 0 radical (unpaired) electrons. The lowest BCUT2D eigenvalue weighted by Crippen LogP contribution is -2.62. The van der Waals surface area contributed by atoms with Gasteiger partial charge in [0.2, 0.25) is 0 Å². The van der Waals surface area contributed by atoms with E-state index >= 15 is 0 Å². The third-order valence-electron chi connectivity index (χ3n) is 3.65. The first kappa shape index (κ1) is 11.8. The van der Waals surface area contributed by atoms with Crippen LogP contribution < -0.4 is 10.6 Å². The number of rotatable bonds is 0. The third kappa shape index (κ3) is 1.96. The van der Waals surface area contributed by atoms with Crippen molar-refractivity contribution in [3.63, 3.8) is 0 Å². The molecule has 0 aliphatic carbocycles. The molecule has 1 aromatic rings. The molecule has 1 saturated heterocycles. The minimum atomic E-state index is -0.921. The molecule has 0 bridgehead atoms. The Labute approximate surface area is 109 Å². The molecule has 1 aromatic heterocycles. The first-order valence-corrected chi connectivity index (χ1v) is 6.13. The lowest BCUT2D eigenvalue weighted by atomic mass is 9.94. The van der Waals surface area contributed by atoms with Crippen molar-refractivity contribution in [3.05, 3.63) is 23.9 Å². The summed E-state index contributed by atoms with van der Waals surface area (Å²) in [4.78, 5) is 28.5. The van der Waals surface area contributed by atoms with Crippen molar-refractivity contribution in [2.75, 3.05) is 18.4 Å². The first-order valence-electron chi connectivity index (χ1n) is 6.13. The summed E-state index contributed by atoms with van der Waals surface area (Å²) >= 11 is 0. The number of hydrogen-bond donors (Lipinski definition) is 3. The van der Waals surface area contributed by atoms with Gasteiger partial charge in [-0.3, -0.25) is 4.79 Å². The second-order valence-corrected chi connectivity index (χ2v) is 4.83. The van der Waals surface area contributed by atoms with Crippen molar-refractivity contribution in [1.29, 1.82) is 0 Å². The van der Waals surface area contributed by atoms with E-state index in [0.29, 0.717) is 37.3 Å². The van der Waals surface area contributed by atoms with Crippen LogP contribution in [-0.4, -0.2) is 45.7 Å². The standard InChI is InChI=1S/C12H14N4O3/c17-10-8-2-1-5-13-9(8)14-12(15-10)3-6-16(7-4-12)11(18)19/h1-2,5H,3-4,6-7H2,(H,13,14)(H,15,17)(H,18,19). The molecule has 0 saturated carbocycles. The highest BCUT2D eigenvalue weighted by atomic mass is 16.4. The molecule has 2 aliphatic heterocycles. The molecule has 0 aromatic carbocycles. The van der Waals surface area contributed by atoms with Crippen LogP contribution in [0.15, 0.2) is 18.3 Å². The molecule has 1 fully saturated rings. The fourth-order valence-corrected chi connectivity index (χ4v) is 2.56. The number of nitrogens with zero attached hydrogens (tertiary/aromatic N) is 2. The van der Waals surface area contributed by atoms with Gasteiger partial charge in [0.1, 0.15) is 11.5 Å². The van der Waals surface area contributed by atoms with Crippen molar-refractivity contribution < 1.29 is 14.7 Å². The molecule has 3 rings (SSSR count). The molecular formula is C12H14N4O3. The summed E-state index contributed by atoms with van der Waals surface area (Å²) in [6.45, 7) is 0.787. The Morgan fingerprint density at radius 2 is 2.11 bits per heavy atom. The van der Waals surface area contributed by atoms with E-state index in [1.54, 1.807) is 18.3 Å². The zero-order chi connectivity index (χ0) is 13.5. The molecular weight excluding hydrogens is 248 g/mol. The predicted octanol–water partition coefficient (Wildman–Crippen LogP) is 0.707. The molecule has 2 amide bonds. The van der Waals surface area contributed by atoms with Crippen molar-refractivity contribution >= 4 is 17.8 Å². The van der Waals surface area contributed by atoms with Crippen molar-refractivity contribution in [2.24, 2.45) is 0 Å². The van der Waals surface area contributed by atoms with Crippen LogP contribution >= 0.6 is 0 Å². The van der Waals surface area contributed by atoms with Crippen molar-refractivity contribution in [3.8, 4) is 0 Å². The smallest absolute Gasteiger partial charge is 0.407 e. The highest BCUT2D eigenvalue weighted by Gasteiger charge is 2.41. The van der Waals surface area contributed by atoms with Crippen LogP contribution in [-0.2, 0) is 0 Å². The minimum Gasteiger partial charge on any atom is -0.465 e. The molecule has 3 N–H and O–H groups in total. The van der Waals surface area contributed by atoms with E-state index in [2.05, 4.69) is 15.6 Å². The maximum absolute atomic E-state index is 12.1. The average Bonchev–Trinajstić information content (AvgIpc) is 2.39. The normalized spacial score (nSPS) is 20.4. The Balaban J connectivity index is 1.82. The van der Waals surface area contributed by atoms with Crippen LogP contribution in [0.5, 0.6) is 0 Å². The topological polar surface area (TPSA) is 94.6 Å². The highest BCUT2D eigenvalue weighted by molar-refractivity contribution is 6.01. The molecule has 3 heterocycles. The van der Waals surface area contributed by atoms with Gasteiger partial charge in [0.05, 0.1) is 5.56 Å². The summed E-state index contributed by atoms with van der Waals surface area (Å²) in [6.07, 6.45) is 1.77. The van der Waals surface area contributed by atoms with Gasteiger partial charge in [0.15, 0.2) is 0 Å². The van der Waals surface area contributed by atoms with Gasteiger partial charge >= 0.3 is 6.09 Å². The number of carbonyl (C=O) groups is 2. The summed E-state index contributed by atoms with van der Waals surface area (Å²) in [5.41, 5.74) is -0.0570. The molecule has 2 aliphatic rings. The number of fused-ring (bicyclic) bond motifs is 1.